The average Bonchev–Trinajstić information content (AvgIpc) is 3.35. The molecular formula is C40H36FNO7. The summed E-state index contributed by atoms with van der Waals surface area (Å²) in [5.74, 6) is -7.79. The van der Waals surface area contributed by atoms with Crippen LogP contribution >= 0.6 is 0 Å². The van der Waals surface area contributed by atoms with Gasteiger partial charge in [0.25, 0.3) is 0 Å². The second-order valence-electron chi connectivity index (χ2n) is 13.5. The smallest absolute Gasteiger partial charge is 0.303 e. The summed E-state index contributed by atoms with van der Waals surface area (Å²) in [7, 11) is 0. The van der Waals surface area contributed by atoms with E-state index < -0.39 is 52.5 Å². The second-order valence-corrected chi connectivity index (χ2v) is 13.5. The summed E-state index contributed by atoms with van der Waals surface area (Å²) in [6, 6.07) is 22.0. The summed E-state index contributed by atoms with van der Waals surface area (Å²) in [6.45, 7) is 0.163. The van der Waals surface area contributed by atoms with Crippen LogP contribution in [-0.4, -0.2) is 51.0 Å². The number of likely N-dealkylation sites (tertiary alicyclic amines) is 1. The lowest BCUT2D eigenvalue weighted by Crippen LogP contribution is -2.58. The molecule has 2 fully saturated rings. The normalized spacial score (nSPS) is 27.6. The lowest BCUT2D eigenvalue weighted by Gasteiger charge is -2.55. The molecule has 0 radical (unpaired) electrons. The van der Waals surface area contributed by atoms with Gasteiger partial charge in [-0.1, -0.05) is 90.9 Å². The number of nitrogens with zero attached hydrogens (tertiary/aromatic N) is 1. The topological polar surface area (TPSA) is 129 Å². The summed E-state index contributed by atoms with van der Waals surface area (Å²) in [6.07, 6.45) is 5.02. The van der Waals surface area contributed by atoms with Gasteiger partial charge in [-0.15, -0.1) is 0 Å². The average molecular weight is 662 g/mol. The molecule has 8 nitrogen and oxygen atoms in total. The zero-order valence-electron chi connectivity index (χ0n) is 26.8. The molecule has 2 N–H and O–H groups in total. The van der Waals surface area contributed by atoms with E-state index in [1.807, 2.05) is 12.1 Å². The molecule has 3 aromatic carbocycles. The number of carbonyl (C=O) groups is 5. The Morgan fingerprint density at radius 1 is 0.857 bits per heavy atom. The van der Waals surface area contributed by atoms with Gasteiger partial charge in [-0.05, 0) is 54.9 Å². The van der Waals surface area contributed by atoms with E-state index in [2.05, 4.69) is 0 Å². The monoisotopic (exact) mass is 661 g/mol. The number of aromatic hydroxyl groups is 1. The molecule has 9 heteroatoms. The van der Waals surface area contributed by atoms with Crippen molar-refractivity contribution in [1.29, 1.82) is 0 Å². The number of phenolic OH excluding ortho intramolecular Hbond substituents is 1. The number of unbranched alkanes of at least 4 members (excludes halogenated alkanes) is 2. The van der Waals surface area contributed by atoms with Crippen LogP contribution in [0.15, 0.2) is 96.6 Å². The molecule has 1 saturated carbocycles. The number of amides is 2. The molecule has 7 rings (SSSR count). The fourth-order valence-electron chi connectivity index (χ4n) is 8.99. The first-order chi connectivity index (χ1) is 23.7. The van der Waals surface area contributed by atoms with Crippen LogP contribution in [0.5, 0.6) is 5.75 Å². The molecule has 3 aromatic rings. The SMILES string of the molecule is O=C(O)CCCCCN1C(=O)C2CC=C3C(CC4C(=O)C(c5ccccc5)=CC(=O)C4(c4ccccc4)C3c3cccc(F)c3O)C2C1=O. The maximum absolute atomic E-state index is 15.2. The van der Waals surface area contributed by atoms with Crippen molar-refractivity contribution in [3.63, 3.8) is 0 Å². The van der Waals surface area contributed by atoms with E-state index in [-0.39, 0.29) is 60.3 Å². The number of ketones is 2. The van der Waals surface area contributed by atoms with Crippen molar-refractivity contribution in [1.82, 2.24) is 4.90 Å². The van der Waals surface area contributed by atoms with E-state index in [0.29, 0.717) is 36.0 Å². The molecule has 1 aliphatic heterocycles. The third kappa shape index (κ3) is 5.14. The summed E-state index contributed by atoms with van der Waals surface area (Å²) in [5.41, 5.74) is 0.607. The van der Waals surface area contributed by atoms with E-state index >= 15 is 4.39 Å². The molecule has 4 aliphatic rings. The van der Waals surface area contributed by atoms with Crippen molar-refractivity contribution in [3.8, 4) is 5.75 Å². The number of imide groups is 1. The Bertz CT molecular complexity index is 1920. The number of hydrogen-bond donors (Lipinski definition) is 2. The summed E-state index contributed by atoms with van der Waals surface area (Å²) in [4.78, 5) is 69.9. The maximum atomic E-state index is 15.2. The molecular weight excluding hydrogens is 625 g/mol. The Kier molecular flexibility index (Phi) is 8.38. The number of aliphatic carboxylic acids is 1. The number of carbonyl (C=O) groups excluding carboxylic acids is 4. The van der Waals surface area contributed by atoms with Crippen LogP contribution in [0.1, 0.15) is 61.1 Å². The van der Waals surface area contributed by atoms with Gasteiger partial charge in [0.1, 0.15) is 0 Å². The van der Waals surface area contributed by atoms with Crippen molar-refractivity contribution >= 4 is 34.9 Å². The zero-order valence-corrected chi connectivity index (χ0v) is 26.8. The molecule has 1 saturated heterocycles. The number of allylic oxidation sites excluding steroid dienone is 4. The molecule has 49 heavy (non-hydrogen) atoms. The van der Waals surface area contributed by atoms with Gasteiger partial charge in [-0.2, -0.15) is 0 Å². The van der Waals surface area contributed by atoms with Crippen LogP contribution in [0.3, 0.4) is 0 Å². The minimum absolute atomic E-state index is 0.00747. The van der Waals surface area contributed by atoms with Crippen molar-refractivity contribution in [2.24, 2.45) is 23.7 Å². The summed E-state index contributed by atoms with van der Waals surface area (Å²) < 4.78 is 15.2. The van der Waals surface area contributed by atoms with E-state index in [1.54, 1.807) is 60.7 Å². The Balaban J connectivity index is 1.38. The van der Waals surface area contributed by atoms with Crippen molar-refractivity contribution in [2.45, 2.75) is 49.9 Å². The number of para-hydroxylation sites is 1. The largest absolute Gasteiger partial charge is 0.505 e. The number of rotatable bonds is 9. The highest BCUT2D eigenvalue weighted by molar-refractivity contribution is 6.31. The highest BCUT2D eigenvalue weighted by atomic mass is 19.1. The fraction of sp³-hybridized carbons (Fsp3) is 0.325. The minimum atomic E-state index is -1.56. The number of Topliss-reactive ketones (excluding diaryl/α,β-unsaturated/α-hetero) is 1. The number of carboxylic acid groups (broad SMARTS) is 1. The molecule has 3 aliphatic carbocycles. The first-order valence-electron chi connectivity index (χ1n) is 16.8. The Labute approximate surface area is 282 Å². The zero-order chi connectivity index (χ0) is 34.4. The van der Waals surface area contributed by atoms with Gasteiger partial charge >= 0.3 is 5.97 Å². The van der Waals surface area contributed by atoms with E-state index in [4.69, 9.17) is 5.11 Å². The third-order valence-corrected chi connectivity index (χ3v) is 11.1. The lowest BCUT2D eigenvalue weighted by molar-refractivity contribution is -0.141. The number of benzene rings is 3. The van der Waals surface area contributed by atoms with Crippen LogP contribution in [0, 0.1) is 29.5 Å². The van der Waals surface area contributed by atoms with Gasteiger partial charge in [0.15, 0.2) is 23.1 Å². The highest BCUT2D eigenvalue weighted by Gasteiger charge is 2.66. The molecule has 6 unspecified atom stereocenters. The van der Waals surface area contributed by atoms with Crippen molar-refractivity contribution < 1.29 is 38.6 Å². The second kappa shape index (κ2) is 12.7. The summed E-state index contributed by atoms with van der Waals surface area (Å²) in [5, 5.41) is 20.3. The highest BCUT2D eigenvalue weighted by Crippen LogP contribution is 2.64. The van der Waals surface area contributed by atoms with Crippen LogP contribution in [0.4, 0.5) is 4.39 Å². The van der Waals surface area contributed by atoms with Crippen LogP contribution in [-0.2, 0) is 29.4 Å². The molecule has 250 valence electrons. The quantitative estimate of drug-likeness (QED) is 0.164. The predicted molar refractivity (Wildman–Crippen MR) is 177 cm³/mol. The number of carboxylic acids is 1. The summed E-state index contributed by atoms with van der Waals surface area (Å²) >= 11 is 0. The molecule has 2 amide bonds. The van der Waals surface area contributed by atoms with E-state index in [0.717, 1.165) is 6.07 Å². The van der Waals surface area contributed by atoms with Gasteiger partial charge in [-0.25, -0.2) is 4.39 Å². The third-order valence-electron chi connectivity index (χ3n) is 11.1. The molecule has 6 atom stereocenters. The molecule has 0 aromatic heterocycles. The minimum Gasteiger partial charge on any atom is -0.505 e. The van der Waals surface area contributed by atoms with E-state index in [1.165, 1.54) is 17.0 Å². The van der Waals surface area contributed by atoms with Gasteiger partial charge in [-0.3, -0.25) is 28.9 Å². The van der Waals surface area contributed by atoms with E-state index in [9.17, 15) is 29.1 Å². The van der Waals surface area contributed by atoms with Gasteiger partial charge < -0.3 is 10.2 Å². The Hall–Kier alpha value is -5.18. The fourth-order valence-corrected chi connectivity index (χ4v) is 8.99. The molecule has 0 spiro atoms. The number of halogens is 1. The Morgan fingerprint density at radius 2 is 1.57 bits per heavy atom. The van der Waals surface area contributed by atoms with Crippen molar-refractivity contribution in [3.05, 3.63) is 119 Å². The maximum Gasteiger partial charge on any atom is 0.303 e. The van der Waals surface area contributed by atoms with Crippen LogP contribution in [0.25, 0.3) is 5.57 Å². The van der Waals surface area contributed by atoms with Crippen LogP contribution in [0.2, 0.25) is 0 Å². The Morgan fingerprint density at radius 3 is 2.29 bits per heavy atom. The number of hydrogen-bond acceptors (Lipinski definition) is 6. The number of phenols is 1. The van der Waals surface area contributed by atoms with Crippen molar-refractivity contribution in [2.75, 3.05) is 6.54 Å². The number of fused-ring (bicyclic) bond motifs is 4. The van der Waals surface area contributed by atoms with Gasteiger partial charge in [0.2, 0.25) is 11.8 Å². The predicted octanol–water partition coefficient (Wildman–Crippen LogP) is 6.00. The van der Waals surface area contributed by atoms with Gasteiger partial charge in [0.05, 0.1) is 17.3 Å². The molecule has 1 heterocycles. The first-order valence-corrected chi connectivity index (χ1v) is 16.8. The first kappa shape index (κ1) is 32.4. The lowest BCUT2D eigenvalue weighted by atomic mass is 9.44. The molecule has 0 bridgehead atoms. The standard InChI is InChI=1S/C40H36FNO7/c41-31-16-10-15-27(37(31)47)35-25-18-19-26-34(39(49)42(38(26)48)20-9-3-8-17-33(44)45)29(25)21-30-36(46)28(23-11-4-1-5-12-23)22-32(43)40(30,35)24-13-6-2-7-14-24/h1-2,4-7,10-16,18,22,26,29-30,34-35,47H,3,8-9,17,19-21H2,(H,44,45). The van der Waals surface area contributed by atoms with Crippen LogP contribution < -0.4 is 0 Å². The van der Waals surface area contributed by atoms with Gasteiger partial charge in [0, 0.05) is 35.9 Å².